The van der Waals surface area contributed by atoms with Crippen molar-refractivity contribution in [2.75, 3.05) is 7.05 Å². The summed E-state index contributed by atoms with van der Waals surface area (Å²) in [5.74, 6) is 0. The first kappa shape index (κ1) is 14.5. The van der Waals surface area contributed by atoms with E-state index in [1.807, 2.05) is 24.3 Å². The van der Waals surface area contributed by atoms with Crippen LogP contribution in [0.15, 0.2) is 48.8 Å². The highest BCUT2D eigenvalue weighted by molar-refractivity contribution is 5.73. The van der Waals surface area contributed by atoms with Gasteiger partial charge in [-0.2, -0.15) is 5.26 Å². The smallest absolute Gasteiger partial charge is 0.317 e. The molecule has 2 rings (SSSR count). The van der Waals surface area contributed by atoms with Gasteiger partial charge in [-0.05, 0) is 35.4 Å². The van der Waals surface area contributed by atoms with Gasteiger partial charge in [0, 0.05) is 32.5 Å². The molecule has 0 saturated carbocycles. The van der Waals surface area contributed by atoms with Crippen LogP contribution in [0.1, 0.15) is 16.7 Å². The van der Waals surface area contributed by atoms with Crippen molar-refractivity contribution in [1.82, 2.24) is 15.2 Å². The fourth-order valence-corrected chi connectivity index (χ4v) is 1.84. The van der Waals surface area contributed by atoms with Gasteiger partial charge in [-0.1, -0.05) is 12.1 Å². The first-order valence-electron chi connectivity index (χ1n) is 6.56. The van der Waals surface area contributed by atoms with Crippen molar-refractivity contribution in [3.05, 3.63) is 65.5 Å². The maximum absolute atomic E-state index is 12.0. The predicted molar refractivity (Wildman–Crippen MR) is 79.1 cm³/mol. The highest BCUT2D eigenvalue weighted by Gasteiger charge is 2.08. The highest BCUT2D eigenvalue weighted by Crippen LogP contribution is 2.04. The predicted octanol–water partition coefficient (Wildman–Crippen LogP) is 2.29. The Bertz CT molecular complexity index is 632. The zero-order chi connectivity index (χ0) is 15.1. The molecule has 5 heteroatoms. The van der Waals surface area contributed by atoms with Crippen molar-refractivity contribution in [3.63, 3.8) is 0 Å². The summed E-state index contributed by atoms with van der Waals surface area (Å²) in [4.78, 5) is 17.5. The molecule has 0 aliphatic carbocycles. The number of rotatable bonds is 4. The second kappa shape index (κ2) is 7.06. The lowest BCUT2D eigenvalue weighted by Crippen LogP contribution is -2.36. The van der Waals surface area contributed by atoms with E-state index in [0.717, 1.165) is 11.1 Å². The Kier molecular flexibility index (Phi) is 4.89. The Balaban J connectivity index is 1.84. The number of nitrogens with one attached hydrogen (secondary N) is 1. The van der Waals surface area contributed by atoms with Crippen LogP contribution in [0.3, 0.4) is 0 Å². The van der Waals surface area contributed by atoms with Gasteiger partial charge in [0.2, 0.25) is 0 Å². The van der Waals surface area contributed by atoms with Gasteiger partial charge in [-0.15, -0.1) is 0 Å². The molecule has 0 aliphatic rings. The lowest BCUT2D eigenvalue weighted by Gasteiger charge is -2.18. The van der Waals surface area contributed by atoms with Crippen molar-refractivity contribution < 1.29 is 4.79 Å². The number of nitriles is 1. The molecule has 0 radical (unpaired) electrons. The Hall–Kier alpha value is -2.87. The van der Waals surface area contributed by atoms with Gasteiger partial charge in [0.05, 0.1) is 11.6 Å². The molecule has 1 heterocycles. The normalized spacial score (nSPS) is 9.71. The zero-order valence-electron chi connectivity index (χ0n) is 11.8. The molecule has 5 nitrogen and oxygen atoms in total. The first-order chi connectivity index (χ1) is 10.2. The van der Waals surface area contributed by atoms with Gasteiger partial charge in [0.15, 0.2) is 0 Å². The number of carbonyl (C=O) groups is 1. The summed E-state index contributed by atoms with van der Waals surface area (Å²) in [6, 6.07) is 12.8. The van der Waals surface area contributed by atoms with Crippen LogP contribution in [-0.2, 0) is 13.1 Å². The SMILES string of the molecule is CN(Cc1ccncc1)C(=O)NCc1ccc(C#N)cc1. The van der Waals surface area contributed by atoms with Crippen LogP contribution < -0.4 is 5.32 Å². The van der Waals surface area contributed by atoms with E-state index in [4.69, 9.17) is 5.26 Å². The zero-order valence-corrected chi connectivity index (χ0v) is 11.8. The molecule has 2 aromatic rings. The van der Waals surface area contributed by atoms with Crippen LogP contribution in [0.2, 0.25) is 0 Å². The maximum atomic E-state index is 12.0. The van der Waals surface area contributed by atoms with Crippen molar-refractivity contribution in [1.29, 1.82) is 5.26 Å². The third kappa shape index (κ3) is 4.32. The van der Waals surface area contributed by atoms with Crippen molar-refractivity contribution in [2.24, 2.45) is 0 Å². The Labute approximate surface area is 123 Å². The molecular weight excluding hydrogens is 264 g/mol. The number of hydrogen-bond donors (Lipinski definition) is 1. The number of amides is 2. The number of benzene rings is 1. The first-order valence-corrected chi connectivity index (χ1v) is 6.56. The van der Waals surface area contributed by atoms with E-state index < -0.39 is 0 Å². The molecule has 0 bridgehead atoms. The minimum absolute atomic E-state index is 0.142. The minimum Gasteiger partial charge on any atom is -0.334 e. The van der Waals surface area contributed by atoms with Crippen LogP contribution in [-0.4, -0.2) is 23.0 Å². The third-order valence-corrected chi connectivity index (χ3v) is 3.04. The van der Waals surface area contributed by atoms with E-state index >= 15 is 0 Å². The summed E-state index contributed by atoms with van der Waals surface area (Å²) >= 11 is 0. The Morgan fingerprint density at radius 3 is 2.48 bits per heavy atom. The molecule has 0 atom stereocenters. The van der Waals surface area contributed by atoms with E-state index in [2.05, 4.69) is 16.4 Å². The molecule has 2 amide bonds. The topological polar surface area (TPSA) is 69.0 Å². The van der Waals surface area contributed by atoms with Gasteiger partial charge < -0.3 is 10.2 Å². The molecule has 0 aliphatic heterocycles. The number of pyridine rings is 1. The summed E-state index contributed by atoms with van der Waals surface area (Å²) in [7, 11) is 1.74. The van der Waals surface area contributed by atoms with Crippen molar-refractivity contribution in [2.45, 2.75) is 13.1 Å². The molecule has 0 spiro atoms. The molecule has 1 N–H and O–H groups in total. The molecule has 0 fully saturated rings. The summed E-state index contributed by atoms with van der Waals surface area (Å²) in [6.45, 7) is 0.965. The third-order valence-electron chi connectivity index (χ3n) is 3.04. The quantitative estimate of drug-likeness (QED) is 0.934. The summed E-state index contributed by atoms with van der Waals surface area (Å²) in [5, 5.41) is 11.6. The van der Waals surface area contributed by atoms with E-state index in [9.17, 15) is 4.79 Å². The molecule has 0 saturated heterocycles. The van der Waals surface area contributed by atoms with Crippen LogP contribution >= 0.6 is 0 Å². The van der Waals surface area contributed by atoms with E-state index in [0.29, 0.717) is 18.7 Å². The minimum atomic E-state index is -0.142. The fourth-order valence-electron chi connectivity index (χ4n) is 1.84. The summed E-state index contributed by atoms with van der Waals surface area (Å²) in [6.07, 6.45) is 3.41. The maximum Gasteiger partial charge on any atom is 0.317 e. The van der Waals surface area contributed by atoms with E-state index in [-0.39, 0.29) is 6.03 Å². The van der Waals surface area contributed by atoms with Crippen LogP contribution in [0.25, 0.3) is 0 Å². The molecular formula is C16H16N4O. The van der Waals surface area contributed by atoms with Gasteiger partial charge >= 0.3 is 6.03 Å². The van der Waals surface area contributed by atoms with Crippen molar-refractivity contribution >= 4 is 6.03 Å². The number of urea groups is 1. The summed E-state index contributed by atoms with van der Waals surface area (Å²) in [5.41, 5.74) is 2.60. The van der Waals surface area contributed by atoms with Crippen LogP contribution in [0, 0.1) is 11.3 Å². The van der Waals surface area contributed by atoms with Crippen molar-refractivity contribution in [3.8, 4) is 6.07 Å². The fraction of sp³-hybridized carbons (Fsp3) is 0.188. The van der Waals surface area contributed by atoms with Crippen LogP contribution in [0.5, 0.6) is 0 Å². The number of hydrogen-bond acceptors (Lipinski definition) is 3. The largest absolute Gasteiger partial charge is 0.334 e. The highest BCUT2D eigenvalue weighted by atomic mass is 16.2. The van der Waals surface area contributed by atoms with Gasteiger partial charge in [-0.25, -0.2) is 4.79 Å². The van der Waals surface area contributed by atoms with E-state index in [1.165, 1.54) is 0 Å². The monoisotopic (exact) mass is 280 g/mol. The number of carbonyl (C=O) groups excluding carboxylic acids is 1. The van der Waals surface area contributed by atoms with Crippen LogP contribution in [0.4, 0.5) is 4.79 Å². The molecule has 0 unspecified atom stereocenters. The second-order valence-corrected chi connectivity index (χ2v) is 4.68. The van der Waals surface area contributed by atoms with E-state index in [1.54, 1.807) is 36.5 Å². The van der Waals surface area contributed by atoms with Gasteiger partial charge in [-0.3, -0.25) is 4.98 Å². The number of aromatic nitrogens is 1. The molecule has 21 heavy (non-hydrogen) atoms. The van der Waals surface area contributed by atoms with Gasteiger partial charge in [0.1, 0.15) is 0 Å². The number of nitrogens with zero attached hydrogens (tertiary/aromatic N) is 3. The molecule has 1 aromatic carbocycles. The lowest BCUT2D eigenvalue weighted by atomic mass is 10.1. The standard InChI is InChI=1S/C16H16N4O/c1-20(12-15-6-8-18-9-7-15)16(21)19-11-14-4-2-13(10-17)3-5-14/h2-9H,11-12H2,1H3,(H,19,21). The Morgan fingerprint density at radius 2 is 1.86 bits per heavy atom. The lowest BCUT2D eigenvalue weighted by molar-refractivity contribution is 0.206. The average Bonchev–Trinajstić information content (AvgIpc) is 2.54. The molecule has 106 valence electrons. The second-order valence-electron chi connectivity index (χ2n) is 4.68. The summed E-state index contributed by atoms with van der Waals surface area (Å²) < 4.78 is 0. The molecule has 1 aromatic heterocycles. The average molecular weight is 280 g/mol. The Morgan fingerprint density at radius 1 is 1.19 bits per heavy atom. The van der Waals surface area contributed by atoms with Gasteiger partial charge in [0.25, 0.3) is 0 Å².